The molecule has 1 aromatic heterocycles. The molecule has 1 aliphatic heterocycles. The summed E-state index contributed by atoms with van der Waals surface area (Å²) in [5.41, 5.74) is 1.01. The van der Waals surface area contributed by atoms with Gasteiger partial charge < -0.3 is 15.0 Å². The normalized spacial score (nSPS) is 16.9. The lowest BCUT2D eigenvalue weighted by molar-refractivity contribution is 0.182. The van der Waals surface area contributed by atoms with Crippen molar-refractivity contribution in [2.45, 2.75) is 26.0 Å². The monoisotopic (exact) mass is 346 g/mol. The van der Waals surface area contributed by atoms with Gasteiger partial charge in [-0.1, -0.05) is 23.7 Å². The first-order chi connectivity index (χ1) is 11.6. The number of nitrogens with zero attached hydrogens (tertiary/aromatic N) is 3. The maximum Gasteiger partial charge on any atom is 0.317 e. The van der Waals surface area contributed by atoms with Gasteiger partial charge >= 0.3 is 6.03 Å². The third-order valence-electron chi connectivity index (χ3n) is 3.83. The number of benzene rings is 1. The van der Waals surface area contributed by atoms with E-state index in [9.17, 15) is 4.79 Å². The molecule has 1 atom stereocenters. The van der Waals surface area contributed by atoms with E-state index in [2.05, 4.69) is 15.3 Å². The topological polar surface area (TPSA) is 67.3 Å². The van der Waals surface area contributed by atoms with Crippen LogP contribution in [0.4, 0.5) is 4.79 Å². The third kappa shape index (κ3) is 4.35. The third-order valence-corrected chi connectivity index (χ3v) is 4.08. The molecule has 3 rings (SSSR count). The fraction of sp³-hybridized carbons (Fsp3) is 0.353. The van der Waals surface area contributed by atoms with Crippen molar-refractivity contribution >= 4 is 17.6 Å². The van der Waals surface area contributed by atoms with Crippen LogP contribution in [0, 0.1) is 6.92 Å². The minimum Gasteiger partial charge on any atom is -0.472 e. The fourth-order valence-corrected chi connectivity index (χ4v) is 2.70. The van der Waals surface area contributed by atoms with Crippen LogP contribution in [0.25, 0.3) is 0 Å². The number of hydrogen-bond donors (Lipinski definition) is 1. The molecule has 0 saturated carbocycles. The molecule has 0 radical (unpaired) electrons. The molecular weight excluding hydrogens is 328 g/mol. The Morgan fingerprint density at radius 2 is 2.17 bits per heavy atom. The number of carbonyl (C=O) groups excluding carboxylic acids is 1. The van der Waals surface area contributed by atoms with Gasteiger partial charge in [-0.2, -0.15) is 4.98 Å². The maximum atomic E-state index is 12.2. The summed E-state index contributed by atoms with van der Waals surface area (Å²) in [7, 11) is 0. The molecule has 6 nitrogen and oxygen atoms in total. The lowest BCUT2D eigenvalue weighted by Gasteiger charge is -2.17. The molecule has 2 aromatic rings. The summed E-state index contributed by atoms with van der Waals surface area (Å²) in [5.74, 6) is 1.22. The van der Waals surface area contributed by atoms with Gasteiger partial charge in [0.15, 0.2) is 0 Å². The molecule has 0 bridgehead atoms. The van der Waals surface area contributed by atoms with Crippen molar-refractivity contribution < 1.29 is 9.53 Å². The number of urea groups is 1. The first-order valence-electron chi connectivity index (χ1n) is 7.83. The molecule has 1 fully saturated rings. The number of ether oxygens (including phenoxy) is 1. The quantitative estimate of drug-likeness (QED) is 0.924. The summed E-state index contributed by atoms with van der Waals surface area (Å²) < 4.78 is 5.83. The van der Waals surface area contributed by atoms with Gasteiger partial charge in [0.05, 0.1) is 6.54 Å². The minimum atomic E-state index is -0.0880. The molecule has 1 aromatic carbocycles. The lowest BCUT2D eigenvalue weighted by atomic mass is 10.2. The molecule has 1 saturated heterocycles. The zero-order chi connectivity index (χ0) is 16.9. The maximum absolute atomic E-state index is 12.2. The van der Waals surface area contributed by atoms with Gasteiger partial charge in [-0.05, 0) is 24.6 Å². The van der Waals surface area contributed by atoms with E-state index in [1.807, 2.05) is 31.2 Å². The zero-order valence-corrected chi connectivity index (χ0v) is 14.2. The van der Waals surface area contributed by atoms with E-state index < -0.39 is 0 Å². The summed E-state index contributed by atoms with van der Waals surface area (Å²) in [6.45, 7) is 3.51. The van der Waals surface area contributed by atoms with Crippen molar-refractivity contribution in [1.82, 2.24) is 20.2 Å². The Hall–Kier alpha value is -2.34. The number of likely N-dealkylation sites (tertiary alicyclic amines) is 1. The van der Waals surface area contributed by atoms with Crippen LogP contribution in [-0.2, 0) is 6.54 Å². The molecule has 7 heteroatoms. The van der Waals surface area contributed by atoms with Crippen LogP contribution in [0.5, 0.6) is 5.88 Å². The first kappa shape index (κ1) is 16.5. The van der Waals surface area contributed by atoms with Gasteiger partial charge in [0.2, 0.25) is 5.88 Å². The van der Waals surface area contributed by atoms with Crippen molar-refractivity contribution in [2.24, 2.45) is 0 Å². The van der Waals surface area contributed by atoms with Gasteiger partial charge in [-0.25, -0.2) is 9.78 Å². The van der Waals surface area contributed by atoms with Crippen LogP contribution < -0.4 is 10.1 Å². The standard InChI is InChI=1S/C17H19ClN4O2/c1-12-19-8-6-16(21-12)24-15-7-9-22(11-15)17(23)20-10-13-2-4-14(18)5-3-13/h2-6,8,15H,7,9-11H2,1H3,(H,20,23)/t15-/m0/s1. The highest BCUT2D eigenvalue weighted by molar-refractivity contribution is 6.30. The first-order valence-corrected chi connectivity index (χ1v) is 8.21. The highest BCUT2D eigenvalue weighted by atomic mass is 35.5. The zero-order valence-electron chi connectivity index (χ0n) is 13.4. The van der Waals surface area contributed by atoms with Crippen molar-refractivity contribution in [3.8, 4) is 5.88 Å². The van der Waals surface area contributed by atoms with Gasteiger partial charge in [0.1, 0.15) is 11.9 Å². The van der Waals surface area contributed by atoms with E-state index >= 15 is 0 Å². The molecule has 126 valence electrons. The highest BCUT2D eigenvalue weighted by Crippen LogP contribution is 2.16. The molecule has 2 amide bonds. The number of aromatic nitrogens is 2. The number of nitrogens with one attached hydrogen (secondary N) is 1. The molecule has 0 unspecified atom stereocenters. The molecule has 0 spiro atoms. The Labute approximate surface area is 145 Å². The highest BCUT2D eigenvalue weighted by Gasteiger charge is 2.27. The van der Waals surface area contributed by atoms with E-state index in [0.29, 0.717) is 36.4 Å². The SMILES string of the molecule is Cc1nccc(O[C@H]2CCN(C(=O)NCc3ccc(Cl)cc3)C2)n1. The summed E-state index contributed by atoms with van der Waals surface area (Å²) in [5, 5.41) is 3.60. The number of halogens is 1. The van der Waals surface area contributed by atoms with Crippen LogP contribution in [0.2, 0.25) is 5.02 Å². The van der Waals surface area contributed by atoms with Crippen LogP contribution >= 0.6 is 11.6 Å². The summed E-state index contributed by atoms with van der Waals surface area (Å²) in [4.78, 5) is 22.3. The second-order valence-corrected chi connectivity index (χ2v) is 6.14. The average Bonchev–Trinajstić information content (AvgIpc) is 3.03. The molecule has 24 heavy (non-hydrogen) atoms. The van der Waals surface area contributed by atoms with E-state index in [1.54, 1.807) is 17.2 Å². The Morgan fingerprint density at radius 1 is 1.38 bits per heavy atom. The lowest BCUT2D eigenvalue weighted by Crippen LogP contribution is -2.39. The van der Waals surface area contributed by atoms with E-state index in [4.69, 9.17) is 16.3 Å². The molecule has 2 heterocycles. The Kier molecular flexibility index (Phi) is 5.15. The molecule has 1 aliphatic rings. The van der Waals surface area contributed by atoms with Gasteiger partial charge in [-0.15, -0.1) is 0 Å². The Morgan fingerprint density at radius 3 is 2.92 bits per heavy atom. The minimum absolute atomic E-state index is 0.0411. The molecular formula is C17H19ClN4O2. The Balaban J connectivity index is 1.48. The van der Waals surface area contributed by atoms with Gasteiger partial charge in [0, 0.05) is 36.8 Å². The number of carbonyl (C=O) groups is 1. The van der Waals surface area contributed by atoms with Crippen LogP contribution in [-0.4, -0.2) is 40.1 Å². The van der Waals surface area contributed by atoms with E-state index in [1.165, 1.54) is 0 Å². The predicted octanol–water partition coefficient (Wildman–Crippen LogP) is 2.80. The van der Waals surface area contributed by atoms with Crippen LogP contribution in [0.15, 0.2) is 36.5 Å². The van der Waals surface area contributed by atoms with Crippen LogP contribution in [0.3, 0.4) is 0 Å². The van der Waals surface area contributed by atoms with Crippen LogP contribution in [0.1, 0.15) is 17.8 Å². The Bertz CT molecular complexity index is 708. The van der Waals surface area contributed by atoms with Crippen molar-refractivity contribution in [3.63, 3.8) is 0 Å². The largest absolute Gasteiger partial charge is 0.472 e. The number of rotatable bonds is 4. The number of aryl methyl sites for hydroxylation is 1. The van der Waals surface area contributed by atoms with Crippen molar-refractivity contribution in [2.75, 3.05) is 13.1 Å². The summed E-state index contributed by atoms with van der Waals surface area (Å²) in [6, 6.07) is 9.07. The second-order valence-electron chi connectivity index (χ2n) is 5.70. The van der Waals surface area contributed by atoms with Crippen molar-refractivity contribution in [1.29, 1.82) is 0 Å². The van der Waals surface area contributed by atoms with Crippen molar-refractivity contribution in [3.05, 3.63) is 52.9 Å². The van der Waals surface area contributed by atoms with E-state index in [0.717, 1.165) is 12.0 Å². The van der Waals surface area contributed by atoms with E-state index in [-0.39, 0.29) is 12.1 Å². The fourth-order valence-electron chi connectivity index (χ4n) is 2.57. The predicted molar refractivity (Wildman–Crippen MR) is 91.1 cm³/mol. The second kappa shape index (κ2) is 7.49. The smallest absolute Gasteiger partial charge is 0.317 e. The summed E-state index contributed by atoms with van der Waals surface area (Å²) in [6.07, 6.45) is 2.42. The molecule has 0 aliphatic carbocycles. The number of hydrogen-bond acceptors (Lipinski definition) is 4. The van der Waals surface area contributed by atoms with Gasteiger partial charge in [0.25, 0.3) is 0 Å². The molecule has 1 N–H and O–H groups in total. The van der Waals surface area contributed by atoms with Gasteiger partial charge in [-0.3, -0.25) is 0 Å². The average molecular weight is 347 g/mol. The number of amides is 2. The summed E-state index contributed by atoms with van der Waals surface area (Å²) >= 11 is 5.85.